The third-order valence-electron chi connectivity index (χ3n) is 5.52. The van der Waals surface area contributed by atoms with Crippen molar-refractivity contribution >= 4 is 45.8 Å². The van der Waals surface area contributed by atoms with Gasteiger partial charge in [0.15, 0.2) is 5.69 Å². The number of amides is 2. The number of thioether (sulfide) groups is 1. The lowest BCUT2D eigenvalue weighted by atomic mass is 10.1. The molecule has 2 aromatic carbocycles. The van der Waals surface area contributed by atoms with E-state index in [0.29, 0.717) is 34.9 Å². The van der Waals surface area contributed by atoms with Gasteiger partial charge in [-0.1, -0.05) is 30.3 Å². The van der Waals surface area contributed by atoms with E-state index >= 15 is 0 Å². The molecule has 2 amide bonds. The number of carbonyl (C=O) groups is 2. The lowest BCUT2D eigenvalue weighted by Gasteiger charge is -2.23. The Morgan fingerprint density at radius 1 is 1.18 bits per heavy atom. The highest BCUT2D eigenvalue weighted by Crippen LogP contribution is 2.32. The molecular formula is C23H20FN5O2S2. The largest absolute Gasteiger partial charge is 0.348 e. The minimum Gasteiger partial charge on any atom is -0.348 e. The van der Waals surface area contributed by atoms with Gasteiger partial charge in [-0.15, -0.1) is 23.1 Å². The first kappa shape index (κ1) is 21.6. The topological polar surface area (TPSA) is 80.1 Å². The Morgan fingerprint density at radius 2 is 2.03 bits per heavy atom. The van der Waals surface area contributed by atoms with Gasteiger partial charge in [0.2, 0.25) is 0 Å². The van der Waals surface area contributed by atoms with Crippen LogP contribution >= 0.6 is 23.1 Å². The predicted octanol–water partition coefficient (Wildman–Crippen LogP) is 3.78. The van der Waals surface area contributed by atoms with Crippen LogP contribution in [0.15, 0.2) is 54.0 Å². The molecule has 10 heteroatoms. The second kappa shape index (κ2) is 8.95. The van der Waals surface area contributed by atoms with Crippen molar-refractivity contribution in [3.63, 3.8) is 0 Å². The minimum absolute atomic E-state index is 0.219. The van der Waals surface area contributed by atoms with Crippen LogP contribution in [0.2, 0.25) is 0 Å². The molecule has 0 spiro atoms. The number of thiazole rings is 1. The van der Waals surface area contributed by atoms with Crippen LogP contribution in [0, 0.1) is 5.82 Å². The number of aromatic nitrogens is 3. The maximum Gasteiger partial charge on any atom is 0.274 e. The van der Waals surface area contributed by atoms with Crippen LogP contribution in [0.25, 0.3) is 21.3 Å². The Hall–Kier alpha value is -3.24. The zero-order valence-corrected chi connectivity index (χ0v) is 19.3. The van der Waals surface area contributed by atoms with Crippen molar-refractivity contribution in [1.29, 1.82) is 0 Å². The molecule has 168 valence electrons. The molecule has 1 saturated heterocycles. The van der Waals surface area contributed by atoms with Gasteiger partial charge in [-0.2, -0.15) is 5.10 Å². The molecule has 1 N–H and O–H groups in total. The molecule has 1 fully saturated rings. The number of fused-ring (bicyclic) bond motifs is 1. The predicted molar refractivity (Wildman–Crippen MR) is 128 cm³/mol. The van der Waals surface area contributed by atoms with E-state index in [0.717, 1.165) is 16.7 Å². The van der Waals surface area contributed by atoms with E-state index in [-0.39, 0.29) is 23.0 Å². The number of hydrogen-bond donors (Lipinski definition) is 1. The van der Waals surface area contributed by atoms with E-state index in [1.807, 2.05) is 24.3 Å². The van der Waals surface area contributed by atoms with Crippen LogP contribution in [0.4, 0.5) is 4.39 Å². The molecule has 7 nitrogen and oxygen atoms in total. The quantitative estimate of drug-likeness (QED) is 0.469. The van der Waals surface area contributed by atoms with Crippen molar-refractivity contribution in [3.05, 3.63) is 71.2 Å². The number of para-hydroxylation sites is 1. The van der Waals surface area contributed by atoms with Crippen LogP contribution in [0.5, 0.6) is 0 Å². The summed E-state index contributed by atoms with van der Waals surface area (Å²) in [5.41, 5.74) is 3.77. The van der Waals surface area contributed by atoms with Gasteiger partial charge < -0.3 is 10.2 Å². The Balaban J connectivity index is 1.32. The Morgan fingerprint density at radius 3 is 2.88 bits per heavy atom. The van der Waals surface area contributed by atoms with Crippen molar-refractivity contribution < 1.29 is 14.0 Å². The number of aryl methyl sites for hydroxylation is 1. The van der Waals surface area contributed by atoms with E-state index < -0.39 is 0 Å². The monoisotopic (exact) mass is 481 g/mol. The number of nitrogens with one attached hydrogen (secondary N) is 1. The first-order chi connectivity index (χ1) is 16.0. The molecule has 1 unspecified atom stereocenters. The molecular weight excluding hydrogens is 461 g/mol. The second-order valence-corrected chi connectivity index (χ2v) is 9.70. The van der Waals surface area contributed by atoms with E-state index in [1.54, 1.807) is 46.0 Å². The summed E-state index contributed by atoms with van der Waals surface area (Å²) in [5, 5.41) is 7.85. The van der Waals surface area contributed by atoms with E-state index in [2.05, 4.69) is 15.4 Å². The first-order valence-electron chi connectivity index (χ1n) is 10.3. The molecule has 4 aromatic rings. The van der Waals surface area contributed by atoms with Crippen LogP contribution in [-0.4, -0.2) is 55.7 Å². The van der Waals surface area contributed by atoms with Crippen LogP contribution in [-0.2, 0) is 7.05 Å². The molecule has 33 heavy (non-hydrogen) atoms. The number of rotatable bonds is 5. The van der Waals surface area contributed by atoms with Gasteiger partial charge in [-0.05, 0) is 23.8 Å². The van der Waals surface area contributed by atoms with Gasteiger partial charge in [-0.3, -0.25) is 14.3 Å². The fraction of sp³-hybridized carbons (Fsp3) is 0.217. The van der Waals surface area contributed by atoms with Crippen molar-refractivity contribution in [2.24, 2.45) is 7.05 Å². The summed E-state index contributed by atoms with van der Waals surface area (Å²) in [5.74, 6) is -0.0966. The normalized spacial score (nSPS) is 15.8. The van der Waals surface area contributed by atoms with Crippen molar-refractivity contribution in [3.8, 4) is 10.4 Å². The number of carbonyl (C=O) groups excluding carboxylic acids is 2. The molecule has 0 radical (unpaired) electrons. The van der Waals surface area contributed by atoms with Crippen molar-refractivity contribution in [2.75, 3.05) is 18.8 Å². The zero-order valence-electron chi connectivity index (χ0n) is 17.7. The minimum atomic E-state index is -0.362. The third-order valence-corrected chi connectivity index (χ3v) is 7.62. The molecule has 3 heterocycles. The lowest BCUT2D eigenvalue weighted by molar-refractivity contribution is 0.0747. The number of nitrogens with zero attached hydrogens (tertiary/aromatic N) is 4. The lowest BCUT2D eigenvalue weighted by Crippen LogP contribution is -2.42. The average Bonchev–Trinajstić information content (AvgIpc) is 3.56. The van der Waals surface area contributed by atoms with Gasteiger partial charge >= 0.3 is 0 Å². The molecule has 0 aliphatic carbocycles. The van der Waals surface area contributed by atoms with Crippen molar-refractivity contribution in [1.82, 2.24) is 25.0 Å². The summed E-state index contributed by atoms with van der Waals surface area (Å²) in [6.45, 7) is 0.844. The summed E-state index contributed by atoms with van der Waals surface area (Å²) < 4.78 is 15.4. The van der Waals surface area contributed by atoms with Crippen LogP contribution in [0.3, 0.4) is 0 Å². The fourth-order valence-corrected chi connectivity index (χ4v) is 5.87. The Labute approximate surface area is 197 Å². The number of benzene rings is 2. The highest BCUT2D eigenvalue weighted by Gasteiger charge is 2.33. The number of halogens is 1. The Kier molecular flexibility index (Phi) is 5.86. The summed E-state index contributed by atoms with van der Waals surface area (Å²) in [7, 11) is 1.80. The SMILES string of the molecule is Cn1nc(C(=O)NCC2SCCN2C(=O)c2ncsc2-c2cccc(F)c2)c2ccccc21. The maximum atomic E-state index is 13.7. The van der Waals surface area contributed by atoms with Gasteiger partial charge in [-0.25, -0.2) is 9.37 Å². The highest BCUT2D eigenvalue weighted by molar-refractivity contribution is 8.00. The molecule has 1 atom stereocenters. The molecule has 5 rings (SSSR count). The van der Waals surface area contributed by atoms with Crippen molar-refractivity contribution in [2.45, 2.75) is 5.37 Å². The summed E-state index contributed by atoms with van der Waals surface area (Å²) in [6, 6.07) is 13.7. The third kappa shape index (κ3) is 4.11. The standard InChI is InChI=1S/C23H20FN5O2S2/c1-28-17-8-3-2-7-16(17)19(27-28)22(30)25-12-18-29(9-10-32-18)23(31)20-21(33-13-26-20)14-5-4-6-15(24)11-14/h2-8,11,13,18H,9-10,12H2,1H3,(H,25,30). The van der Waals surface area contributed by atoms with Gasteiger partial charge in [0.25, 0.3) is 11.8 Å². The van der Waals surface area contributed by atoms with Crippen LogP contribution < -0.4 is 5.32 Å². The Bertz CT molecular complexity index is 1350. The van der Waals surface area contributed by atoms with E-state index in [1.165, 1.54) is 23.5 Å². The summed E-state index contributed by atoms with van der Waals surface area (Å²) in [6.07, 6.45) is 0. The zero-order chi connectivity index (χ0) is 22.9. The van der Waals surface area contributed by atoms with E-state index in [4.69, 9.17) is 0 Å². The fourth-order valence-electron chi connectivity index (χ4n) is 3.94. The molecule has 2 aromatic heterocycles. The summed E-state index contributed by atoms with van der Waals surface area (Å²) in [4.78, 5) is 32.8. The van der Waals surface area contributed by atoms with Gasteiger partial charge in [0, 0.05) is 31.3 Å². The van der Waals surface area contributed by atoms with Gasteiger partial charge in [0.05, 0.1) is 21.3 Å². The first-order valence-corrected chi connectivity index (χ1v) is 12.3. The molecule has 0 bridgehead atoms. The summed E-state index contributed by atoms with van der Waals surface area (Å²) >= 11 is 2.91. The smallest absolute Gasteiger partial charge is 0.274 e. The molecule has 1 aliphatic heterocycles. The average molecular weight is 482 g/mol. The van der Waals surface area contributed by atoms with E-state index in [9.17, 15) is 14.0 Å². The number of hydrogen-bond acceptors (Lipinski definition) is 6. The maximum absolute atomic E-state index is 13.7. The molecule has 1 aliphatic rings. The highest BCUT2D eigenvalue weighted by atomic mass is 32.2. The van der Waals surface area contributed by atoms with Crippen LogP contribution in [0.1, 0.15) is 21.0 Å². The van der Waals surface area contributed by atoms with Gasteiger partial charge in [0.1, 0.15) is 11.5 Å². The molecule has 0 saturated carbocycles. The second-order valence-electron chi connectivity index (χ2n) is 7.56.